The van der Waals surface area contributed by atoms with E-state index in [0.29, 0.717) is 5.69 Å². The van der Waals surface area contributed by atoms with E-state index in [1.54, 1.807) is 23.4 Å². The van der Waals surface area contributed by atoms with E-state index < -0.39 is 0 Å². The van der Waals surface area contributed by atoms with Crippen molar-refractivity contribution in [1.29, 1.82) is 0 Å². The van der Waals surface area contributed by atoms with E-state index in [2.05, 4.69) is 10.1 Å². The zero-order chi connectivity index (χ0) is 13.1. The molecule has 2 rings (SSSR count). The summed E-state index contributed by atoms with van der Waals surface area (Å²) in [4.78, 5) is 18.1. The van der Waals surface area contributed by atoms with E-state index in [9.17, 15) is 4.79 Å². The van der Waals surface area contributed by atoms with Gasteiger partial charge in [0.05, 0.1) is 6.04 Å². The highest BCUT2D eigenvalue weighted by Gasteiger charge is 2.22. The third-order valence-electron chi connectivity index (χ3n) is 2.66. The van der Waals surface area contributed by atoms with Crippen LogP contribution in [0.1, 0.15) is 29.1 Å². The monoisotopic (exact) mass is 283 g/mol. The second kappa shape index (κ2) is 5.53. The minimum Gasteiger partial charge on any atom is -0.364 e. The molecule has 1 atom stereocenters. The van der Waals surface area contributed by atoms with Crippen LogP contribution in [0, 0.1) is 0 Å². The summed E-state index contributed by atoms with van der Waals surface area (Å²) in [6.45, 7) is 1.90. The van der Waals surface area contributed by atoms with Crippen molar-refractivity contribution in [2.75, 3.05) is 13.3 Å². The number of thioether (sulfide) groups is 1. The average Bonchev–Trinajstić information content (AvgIpc) is 3.06. The Morgan fingerprint density at radius 3 is 2.94 bits per heavy atom. The first-order chi connectivity index (χ1) is 8.63. The fraction of sp³-hybridized carbons (Fsp3) is 0.364. The van der Waals surface area contributed by atoms with Crippen molar-refractivity contribution in [1.82, 2.24) is 15.0 Å². The Kier molecular flexibility index (Phi) is 4.03. The summed E-state index contributed by atoms with van der Waals surface area (Å²) in [5.41, 5.74) is 1.20. The molecule has 5 nitrogen and oxygen atoms in total. The van der Waals surface area contributed by atoms with Crippen LogP contribution in [0.4, 0.5) is 0 Å². The van der Waals surface area contributed by atoms with Crippen LogP contribution in [-0.2, 0) is 0 Å². The lowest BCUT2D eigenvalue weighted by Crippen LogP contribution is -2.30. The minimum absolute atomic E-state index is 0.109. The van der Waals surface area contributed by atoms with Crippen molar-refractivity contribution in [3.63, 3.8) is 0 Å². The number of rotatable bonds is 4. The highest BCUT2D eigenvalue weighted by Crippen LogP contribution is 2.23. The van der Waals surface area contributed by atoms with Crippen molar-refractivity contribution in [2.24, 2.45) is 0 Å². The van der Waals surface area contributed by atoms with E-state index in [1.165, 1.54) is 29.4 Å². The fourth-order valence-corrected chi connectivity index (χ4v) is 2.68. The molecule has 96 valence electrons. The molecule has 0 spiro atoms. The summed E-state index contributed by atoms with van der Waals surface area (Å²) in [5, 5.41) is 5.62. The maximum atomic E-state index is 12.2. The molecule has 7 heteroatoms. The number of hydrogen-bond donors (Lipinski definition) is 0. The Hall–Kier alpha value is -1.34. The molecule has 0 aromatic carbocycles. The Labute approximate surface area is 113 Å². The third-order valence-corrected chi connectivity index (χ3v) is 4.53. The van der Waals surface area contributed by atoms with Crippen LogP contribution in [0.15, 0.2) is 26.6 Å². The van der Waals surface area contributed by atoms with E-state index in [-0.39, 0.29) is 11.9 Å². The van der Waals surface area contributed by atoms with Crippen LogP contribution in [0.5, 0.6) is 0 Å². The summed E-state index contributed by atoms with van der Waals surface area (Å²) < 4.78 is 5.68. The van der Waals surface area contributed by atoms with Gasteiger partial charge in [-0.15, -0.1) is 11.3 Å². The Morgan fingerprint density at radius 1 is 1.61 bits per heavy atom. The van der Waals surface area contributed by atoms with Crippen LogP contribution < -0.4 is 0 Å². The lowest BCUT2D eigenvalue weighted by atomic mass is 10.2. The molecule has 1 amide bonds. The number of aromatic nitrogens is 2. The smallest absolute Gasteiger partial charge is 0.273 e. The van der Waals surface area contributed by atoms with Gasteiger partial charge >= 0.3 is 0 Å². The molecule has 0 radical (unpaired) electrons. The van der Waals surface area contributed by atoms with Gasteiger partial charge in [-0.25, -0.2) is 4.98 Å². The van der Waals surface area contributed by atoms with Gasteiger partial charge in [-0.2, -0.15) is 0 Å². The van der Waals surface area contributed by atoms with E-state index >= 15 is 0 Å². The standard InChI is InChI=1S/C11H13N3O2S2/c1-7(8-4-5-16-13-8)14(2)10(15)9-6-18-11(12-9)17-3/h4-7H,1-3H3/t7-/m1/s1. The minimum atomic E-state index is -0.143. The molecule has 18 heavy (non-hydrogen) atoms. The first-order valence-corrected chi connectivity index (χ1v) is 7.41. The highest BCUT2D eigenvalue weighted by atomic mass is 32.2. The first kappa shape index (κ1) is 13.1. The fourth-order valence-electron chi connectivity index (χ4n) is 1.44. The zero-order valence-electron chi connectivity index (χ0n) is 10.3. The maximum absolute atomic E-state index is 12.2. The van der Waals surface area contributed by atoms with Gasteiger partial charge < -0.3 is 9.42 Å². The van der Waals surface area contributed by atoms with Gasteiger partial charge in [0.15, 0.2) is 0 Å². The Bertz CT molecular complexity index is 524. The number of thiazole rings is 1. The van der Waals surface area contributed by atoms with Crippen LogP contribution in [0.25, 0.3) is 0 Å². The van der Waals surface area contributed by atoms with Crippen molar-refractivity contribution < 1.29 is 9.32 Å². The molecule has 0 aliphatic carbocycles. The number of amides is 1. The van der Waals surface area contributed by atoms with Gasteiger partial charge in [-0.3, -0.25) is 4.79 Å². The van der Waals surface area contributed by atoms with E-state index in [4.69, 9.17) is 4.52 Å². The van der Waals surface area contributed by atoms with Gasteiger partial charge in [0.2, 0.25) is 0 Å². The van der Waals surface area contributed by atoms with Gasteiger partial charge in [-0.1, -0.05) is 16.9 Å². The van der Waals surface area contributed by atoms with Crippen molar-refractivity contribution >= 4 is 29.0 Å². The molecule has 0 N–H and O–H groups in total. The number of carbonyl (C=O) groups excluding carboxylic acids is 1. The van der Waals surface area contributed by atoms with Crippen LogP contribution >= 0.6 is 23.1 Å². The molecule has 0 aliphatic heterocycles. The number of nitrogens with zero attached hydrogens (tertiary/aromatic N) is 3. The van der Waals surface area contributed by atoms with Crippen molar-refractivity contribution in [3.8, 4) is 0 Å². The molecule has 2 aromatic rings. The molecular weight excluding hydrogens is 270 g/mol. The topological polar surface area (TPSA) is 59.2 Å². The molecule has 0 saturated heterocycles. The van der Waals surface area contributed by atoms with E-state index in [0.717, 1.165) is 10.0 Å². The molecule has 0 saturated carbocycles. The van der Waals surface area contributed by atoms with Crippen LogP contribution in [0.3, 0.4) is 0 Å². The highest BCUT2D eigenvalue weighted by molar-refractivity contribution is 8.00. The third kappa shape index (κ3) is 2.56. The SMILES string of the molecule is CSc1nc(C(=O)N(C)[C@H](C)c2ccon2)cs1. The normalized spacial score (nSPS) is 12.4. The summed E-state index contributed by atoms with van der Waals surface area (Å²) in [5.74, 6) is -0.109. The largest absolute Gasteiger partial charge is 0.364 e. The maximum Gasteiger partial charge on any atom is 0.273 e. The predicted octanol–water partition coefficient (Wildman–Crippen LogP) is 2.69. The lowest BCUT2D eigenvalue weighted by molar-refractivity contribution is 0.0732. The molecule has 2 aromatic heterocycles. The molecule has 0 aliphatic rings. The zero-order valence-corrected chi connectivity index (χ0v) is 11.9. The predicted molar refractivity (Wildman–Crippen MR) is 70.9 cm³/mol. The van der Waals surface area contributed by atoms with Gasteiger partial charge in [0.1, 0.15) is 22.0 Å². The quantitative estimate of drug-likeness (QED) is 0.807. The first-order valence-electron chi connectivity index (χ1n) is 5.30. The molecule has 0 bridgehead atoms. The second-order valence-electron chi connectivity index (χ2n) is 3.72. The number of hydrogen-bond acceptors (Lipinski definition) is 6. The Balaban J connectivity index is 2.13. The average molecular weight is 283 g/mol. The van der Waals surface area contributed by atoms with Gasteiger partial charge in [-0.05, 0) is 13.2 Å². The second-order valence-corrected chi connectivity index (χ2v) is 5.63. The van der Waals surface area contributed by atoms with Crippen molar-refractivity contribution in [2.45, 2.75) is 17.3 Å². The van der Waals surface area contributed by atoms with Crippen LogP contribution in [0.2, 0.25) is 0 Å². The van der Waals surface area contributed by atoms with E-state index in [1.807, 2.05) is 13.2 Å². The molecule has 0 unspecified atom stereocenters. The summed E-state index contributed by atoms with van der Waals surface area (Å²) in [6, 6.07) is 1.61. The van der Waals surface area contributed by atoms with Gasteiger partial charge in [0.25, 0.3) is 5.91 Å². The summed E-state index contributed by atoms with van der Waals surface area (Å²) in [6.07, 6.45) is 3.44. The lowest BCUT2D eigenvalue weighted by Gasteiger charge is -2.22. The summed E-state index contributed by atoms with van der Waals surface area (Å²) in [7, 11) is 1.74. The Morgan fingerprint density at radius 2 is 2.39 bits per heavy atom. The molecule has 0 fully saturated rings. The molecular formula is C11H13N3O2S2. The number of carbonyl (C=O) groups is 1. The van der Waals surface area contributed by atoms with Crippen molar-refractivity contribution in [3.05, 3.63) is 29.1 Å². The van der Waals surface area contributed by atoms with Gasteiger partial charge in [0, 0.05) is 18.5 Å². The van der Waals surface area contributed by atoms with Crippen LogP contribution in [-0.4, -0.2) is 34.3 Å². The summed E-state index contributed by atoms with van der Waals surface area (Å²) >= 11 is 3.01. The molecule has 2 heterocycles.